The highest BCUT2D eigenvalue weighted by Gasteiger charge is 2.28. The Balaban J connectivity index is 1.29. The number of rotatable bonds is 3. The van der Waals surface area contributed by atoms with Crippen LogP contribution in [0.15, 0.2) is 59.6 Å². The molecule has 0 spiro atoms. The first kappa shape index (κ1) is 23.4. The van der Waals surface area contributed by atoms with Crippen molar-refractivity contribution >= 4 is 39.6 Å². The van der Waals surface area contributed by atoms with Crippen molar-refractivity contribution < 1.29 is 9.53 Å². The number of carbonyl (C=O) groups is 1. The normalized spacial score (nSPS) is 16.1. The Bertz CT molecular complexity index is 1260. The van der Waals surface area contributed by atoms with Crippen LogP contribution in [0.3, 0.4) is 0 Å². The van der Waals surface area contributed by atoms with E-state index in [0.717, 1.165) is 33.3 Å². The molecule has 3 heterocycles. The third-order valence-electron chi connectivity index (χ3n) is 6.63. The highest BCUT2D eigenvalue weighted by Crippen LogP contribution is 2.39. The van der Waals surface area contributed by atoms with Crippen LogP contribution in [0.25, 0.3) is 0 Å². The molecule has 0 radical (unpaired) electrons. The molecular weight excluding hydrogens is 458 g/mol. The third-order valence-corrected chi connectivity index (χ3v) is 7.60. The second kappa shape index (κ2) is 9.71. The van der Waals surface area contributed by atoms with Gasteiger partial charge in [-0.2, -0.15) is 0 Å². The summed E-state index contributed by atoms with van der Waals surface area (Å²) in [6.45, 7) is 6.81. The van der Waals surface area contributed by atoms with Gasteiger partial charge in [0.2, 0.25) is 0 Å². The van der Waals surface area contributed by atoms with Gasteiger partial charge >= 0.3 is 6.09 Å². The van der Waals surface area contributed by atoms with Crippen LogP contribution in [-0.4, -0.2) is 66.9 Å². The highest BCUT2D eigenvalue weighted by molar-refractivity contribution is 7.16. The molecule has 5 rings (SSSR count). The summed E-state index contributed by atoms with van der Waals surface area (Å²) in [6.07, 6.45) is -0.304. The smallest absolute Gasteiger partial charge is 0.410 e. The number of benzene rings is 2. The van der Waals surface area contributed by atoms with Crippen LogP contribution in [0.5, 0.6) is 5.75 Å². The van der Waals surface area contributed by atoms with E-state index in [1.807, 2.05) is 50.5 Å². The topological polar surface area (TPSA) is 60.4 Å². The summed E-state index contributed by atoms with van der Waals surface area (Å²) in [5.41, 5.74) is 4.18. The Labute approximate surface area is 210 Å². The Morgan fingerprint density at radius 3 is 2.63 bits per heavy atom. The molecule has 2 aliphatic heterocycles. The molecule has 35 heavy (non-hydrogen) atoms. The number of carbonyl (C=O) groups excluding carboxylic acids is 1. The summed E-state index contributed by atoms with van der Waals surface area (Å²) in [5.74, 6) is 1.54. The largest absolute Gasteiger partial charge is 0.415 e. The maximum atomic E-state index is 12.9. The fourth-order valence-corrected chi connectivity index (χ4v) is 5.31. The van der Waals surface area contributed by atoms with Crippen LogP contribution in [0, 0.1) is 6.92 Å². The van der Waals surface area contributed by atoms with Crippen molar-refractivity contribution in [1.82, 2.24) is 14.7 Å². The van der Waals surface area contributed by atoms with Crippen molar-refractivity contribution in [3.05, 3.63) is 70.6 Å². The van der Waals surface area contributed by atoms with Crippen molar-refractivity contribution in [3.8, 4) is 5.75 Å². The lowest BCUT2D eigenvalue weighted by molar-refractivity contribution is 0.130. The van der Waals surface area contributed by atoms with E-state index in [1.165, 1.54) is 4.88 Å². The number of hydrogen-bond acceptors (Lipinski definition) is 7. The number of piperazine rings is 1. The van der Waals surface area contributed by atoms with Gasteiger partial charge < -0.3 is 24.8 Å². The summed E-state index contributed by atoms with van der Waals surface area (Å²) in [5, 5.41) is 4.67. The predicted molar refractivity (Wildman–Crippen MR) is 143 cm³/mol. The molecule has 1 saturated heterocycles. The lowest BCUT2D eigenvalue weighted by atomic mass is 10.1. The van der Waals surface area contributed by atoms with E-state index in [1.54, 1.807) is 16.2 Å². The molecule has 3 aromatic rings. The molecule has 8 heteroatoms. The molecule has 0 bridgehead atoms. The molecular formula is C27H31N5O2S. The minimum atomic E-state index is -0.304. The summed E-state index contributed by atoms with van der Waals surface area (Å²) in [6, 6.07) is 18.3. The fraction of sp³-hybridized carbons (Fsp3) is 0.333. The maximum absolute atomic E-state index is 12.9. The average molecular weight is 490 g/mol. The molecule has 1 N–H and O–H groups in total. The van der Waals surface area contributed by atoms with Gasteiger partial charge in [-0.3, -0.25) is 0 Å². The number of amides is 1. The molecule has 2 aliphatic rings. The highest BCUT2D eigenvalue weighted by atomic mass is 32.1. The molecule has 0 unspecified atom stereocenters. The monoisotopic (exact) mass is 489 g/mol. The van der Waals surface area contributed by atoms with Gasteiger partial charge in [0.05, 0.1) is 16.9 Å². The summed E-state index contributed by atoms with van der Waals surface area (Å²) in [7, 11) is 4.08. The third kappa shape index (κ3) is 4.90. The zero-order valence-corrected chi connectivity index (χ0v) is 21.4. The summed E-state index contributed by atoms with van der Waals surface area (Å²) in [4.78, 5) is 25.4. The van der Waals surface area contributed by atoms with E-state index in [2.05, 4.69) is 47.2 Å². The number of aliphatic imine (C=N–C) groups is 1. The fourth-order valence-electron chi connectivity index (χ4n) is 4.39. The number of fused-ring (bicyclic) bond motifs is 2. The van der Waals surface area contributed by atoms with Crippen LogP contribution in [0.2, 0.25) is 0 Å². The number of hydrogen-bond donors (Lipinski definition) is 1. The number of thiophene rings is 1. The number of aryl methyl sites for hydroxylation is 1. The predicted octanol–water partition coefficient (Wildman–Crippen LogP) is 5.63. The van der Waals surface area contributed by atoms with Gasteiger partial charge in [-0.15, -0.1) is 11.3 Å². The minimum absolute atomic E-state index is 0.239. The van der Waals surface area contributed by atoms with E-state index in [0.29, 0.717) is 31.9 Å². The molecule has 7 nitrogen and oxygen atoms in total. The number of anilines is 2. The maximum Gasteiger partial charge on any atom is 0.415 e. The number of amidine groups is 1. The van der Waals surface area contributed by atoms with Gasteiger partial charge in [0.25, 0.3) is 0 Å². The molecule has 2 aromatic carbocycles. The Morgan fingerprint density at radius 2 is 1.86 bits per heavy atom. The molecule has 0 saturated carbocycles. The molecule has 1 amide bonds. The first-order valence-corrected chi connectivity index (χ1v) is 12.7. The Morgan fingerprint density at radius 1 is 1.09 bits per heavy atom. The first-order valence-electron chi connectivity index (χ1n) is 11.9. The van der Waals surface area contributed by atoms with Crippen LogP contribution in [-0.2, 0) is 0 Å². The lowest BCUT2D eigenvalue weighted by Gasteiger charge is -2.35. The quantitative estimate of drug-likeness (QED) is 0.517. The van der Waals surface area contributed by atoms with Crippen molar-refractivity contribution in [1.29, 1.82) is 0 Å². The number of para-hydroxylation sites is 2. The van der Waals surface area contributed by atoms with E-state index in [9.17, 15) is 4.79 Å². The summed E-state index contributed by atoms with van der Waals surface area (Å²) >= 11 is 1.74. The van der Waals surface area contributed by atoms with Gasteiger partial charge in [0.1, 0.15) is 16.6 Å². The Kier molecular flexibility index (Phi) is 6.49. The van der Waals surface area contributed by atoms with Crippen molar-refractivity contribution in [2.24, 2.45) is 4.99 Å². The van der Waals surface area contributed by atoms with Crippen molar-refractivity contribution in [3.63, 3.8) is 0 Å². The van der Waals surface area contributed by atoms with E-state index >= 15 is 0 Å². The van der Waals surface area contributed by atoms with Gasteiger partial charge in [0, 0.05) is 37.1 Å². The minimum Gasteiger partial charge on any atom is -0.410 e. The standard InChI is InChI=1S/C27H31N5O2S/c1-18-16-22-25(28-23-10-5-6-11-24(23)29-26(22)35-18)31-12-14-32(15-13-31)27(33)34-21-9-7-8-20(17-21)19(2)30(3)4/h5-11,16-17,19,29H,12-15H2,1-4H3/t19-/m0/s1. The van der Waals surface area contributed by atoms with Gasteiger partial charge in [-0.05, 0) is 63.8 Å². The second-order valence-electron chi connectivity index (χ2n) is 9.23. The number of nitrogens with one attached hydrogen (secondary N) is 1. The van der Waals surface area contributed by atoms with Crippen LogP contribution >= 0.6 is 11.3 Å². The molecule has 1 aromatic heterocycles. The molecule has 182 valence electrons. The van der Waals surface area contributed by atoms with Crippen molar-refractivity contribution in [2.45, 2.75) is 19.9 Å². The van der Waals surface area contributed by atoms with Gasteiger partial charge in [0.15, 0.2) is 0 Å². The molecule has 1 atom stereocenters. The first-order chi connectivity index (χ1) is 16.9. The zero-order valence-electron chi connectivity index (χ0n) is 20.6. The van der Waals surface area contributed by atoms with Crippen LogP contribution in [0.4, 0.5) is 21.2 Å². The van der Waals surface area contributed by atoms with Crippen LogP contribution in [0.1, 0.15) is 29.0 Å². The SMILES string of the molecule is Cc1cc2c(s1)Nc1ccccc1N=C2N1CCN(C(=O)Oc2cccc([C@H](C)N(C)C)c2)CC1. The van der Waals surface area contributed by atoms with E-state index < -0.39 is 0 Å². The molecule has 1 fully saturated rings. The second-order valence-corrected chi connectivity index (χ2v) is 10.5. The van der Waals surface area contributed by atoms with Gasteiger partial charge in [-0.25, -0.2) is 9.79 Å². The average Bonchev–Trinajstić information content (AvgIpc) is 3.15. The Hall–Kier alpha value is -3.36. The molecule has 0 aliphatic carbocycles. The van der Waals surface area contributed by atoms with Gasteiger partial charge in [-0.1, -0.05) is 24.3 Å². The van der Waals surface area contributed by atoms with E-state index in [4.69, 9.17) is 9.73 Å². The summed E-state index contributed by atoms with van der Waals surface area (Å²) < 4.78 is 5.74. The van der Waals surface area contributed by atoms with E-state index in [-0.39, 0.29) is 12.1 Å². The zero-order chi connectivity index (χ0) is 24.5. The number of nitrogens with zero attached hydrogens (tertiary/aromatic N) is 4. The van der Waals surface area contributed by atoms with Crippen molar-refractivity contribution in [2.75, 3.05) is 45.6 Å². The number of ether oxygens (including phenoxy) is 1. The van der Waals surface area contributed by atoms with Crippen LogP contribution < -0.4 is 10.1 Å². The lowest BCUT2D eigenvalue weighted by Crippen LogP contribution is -2.51.